The third-order valence-electron chi connectivity index (χ3n) is 6.12. The van der Waals surface area contributed by atoms with E-state index in [0.717, 1.165) is 18.4 Å². The fourth-order valence-electron chi connectivity index (χ4n) is 4.70. The van der Waals surface area contributed by atoms with Gasteiger partial charge in [-0.25, -0.2) is 17.9 Å². The molecule has 4 rings (SSSR count). The van der Waals surface area contributed by atoms with Crippen molar-refractivity contribution in [2.75, 3.05) is 26.4 Å². The molecule has 2 amide bonds. The highest BCUT2D eigenvalue weighted by atomic mass is 32.2. The van der Waals surface area contributed by atoms with Gasteiger partial charge < -0.3 is 9.80 Å². The Morgan fingerprint density at radius 2 is 1.87 bits per heavy atom. The predicted octanol–water partition coefficient (Wildman–Crippen LogP) is 2.89. The number of benzene rings is 2. The number of fused-ring (bicyclic) bond motifs is 5. The second kappa shape index (κ2) is 8.40. The topological polar surface area (TPSA) is 69.7 Å². The minimum absolute atomic E-state index is 0.0264. The first-order chi connectivity index (χ1) is 14.3. The number of nitrogens with one attached hydrogen (secondary N) is 1. The molecule has 0 radical (unpaired) electrons. The maximum absolute atomic E-state index is 13.2. The Kier molecular flexibility index (Phi) is 5.84. The van der Waals surface area contributed by atoms with Crippen LogP contribution in [0.25, 0.3) is 11.1 Å². The maximum atomic E-state index is 13.2. The van der Waals surface area contributed by atoms with E-state index in [0.29, 0.717) is 25.9 Å². The zero-order valence-electron chi connectivity index (χ0n) is 17.5. The average molecular weight is 428 g/mol. The molecule has 2 heterocycles. The van der Waals surface area contributed by atoms with Gasteiger partial charge in [0.2, 0.25) is 10.0 Å². The Morgan fingerprint density at radius 1 is 1.07 bits per heavy atom. The Hall–Kier alpha value is -2.38. The molecule has 2 bridgehead atoms. The minimum Gasteiger partial charge on any atom is -0.328 e. The summed E-state index contributed by atoms with van der Waals surface area (Å²) in [5.74, 6) is 0. The largest absolute Gasteiger partial charge is 0.328 e. The van der Waals surface area contributed by atoms with Crippen molar-refractivity contribution in [1.82, 2.24) is 14.5 Å². The molecule has 1 fully saturated rings. The number of rotatable bonds is 2. The van der Waals surface area contributed by atoms with Crippen LogP contribution in [0.4, 0.5) is 4.79 Å². The van der Waals surface area contributed by atoms with Crippen molar-refractivity contribution in [3.05, 3.63) is 59.7 Å². The van der Waals surface area contributed by atoms with Gasteiger partial charge in [-0.3, -0.25) is 0 Å². The van der Waals surface area contributed by atoms with Gasteiger partial charge in [0, 0.05) is 26.2 Å². The molecule has 0 spiro atoms. The summed E-state index contributed by atoms with van der Waals surface area (Å²) in [7, 11) is -1.52. The highest BCUT2D eigenvalue weighted by molar-refractivity contribution is 7.88. The average Bonchev–Trinajstić information content (AvgIpc) is 3.07. The number of nitrogens with zero attached hydrogens (tertiary/aromatic N) is 2. The van der Waals surface area contributed by atoms with E-state index in [9.17, 15) is 13.2 Å². The van der Waals surface area contributed by atoms with Gasteiger partial charge in [-0.1, -0.05) is 48.5 Å². The number of amides is 2. The Labute approximate surface area is 178 Å². The van der Waals surface area contributed by atoms with Gasteiger partial charge >= 0.3 is 6.03 Å². The molecular weight excluding hydrogens is 398 g/mol. The Balaban J connectivity index is 1.74. The fourth-order valence-corrected chi connectivity index (χ4v) is 5.53. The number of hydrogen-bond donors (Lipinski definition) is 1. The van der Waals surface area contributed by atoms with Crippen LogP contribution >= 0.6 is 0 Å². The second-order valence-electron chi connectivity index (χ2n) is 8.42. The van der Waals surface area contributed by atoms with Crippen LogP contribution in [0.1, 0.15) is 24.0 Å². The fraction of sp³-hybridized carbons (Fsp3) is 0.435. The van der Waals surface area contributed by atoms with E-state index in [1.807, 2.05) is 18.0 Å². The van der Waals surface area contributed by atoms with E-state index in [4.69, 9.17) is 0 Å². The van der Waals surface area contributed by atoms with Gasteiger partial charge in [-0.2, -0.15) is 0 Å². The molecule has 7 heteroatoms. The van der Waals surface area contributed by atoms with Crippen LogP contribution in [0.2, 0.25) is 0 Å². The summed E-state index contributed by atoms with van der Waals surface area (Å²) in [6, 6.07) is 16.3. The normalized spacial score (nSPS) is 22.5. The SMILES string of the molecule is CN1CCCc2ccccc2-c2cccc(c2)CC2C(NS(C)(=O)=O)CCN2C1=O. The van der Waals surface area contributed by atoms with Gasteiger partial charge in [0.15, 0.2) is 0 Å². The third-order valence-corrected chi connectivity index (χ3v) is 6.85. The van der Waals surface area contributed by atoms with Crippen molar-refractivity contribution in [2.24, 2.45) is 0 Å². The first-order valence-corrected chi connectivity index (χ1v) is 12.4. The van der Waals surface area contributed by atoms with Gasteiger partial charge in [-0.05, 0) is 47.9 Å². The van der Waals surface area contributed by atoms with E-state index in [1.165, 1.54) is 22.9 Å². The molecule has 0 aliphatic carbocycles. The highest BCUT2D eigenvalue weighted by Gasteiger charge is 2.39. The van der Waals surface area contributed by atoms with E-state index >= 15 is 0 Å². The predicted molar refractivity (Wildman–Crippen MR) is 119 cm³/mol. The minimum atomic E-state index is -3.36. The summed E-state index contributed by atoms with van der Waals surface area (Å²) < 4.78 is 26.6. The summed E-state index contributed by atoms with van der Waals surface area (Å²) >= 11 is 0. The van der Waals surface area contributed by atoms with E-state index < -0.39 is 10.0 Å². The number of hydrogen-bond acceptors (Lipinski definition) is 3. The molecule has 160 valence electrons. The first-order valence-electron chi connectivity index (χ1n) is 10.5. The highest BCUT2D eigenvalue weighted by Crippen LogP contribution is 2.29. The molecule has 6 nitrogen and oxygen atoms in total. The maximum Gasteiger partial charge on any atom is 0.320 e. The smallest absolute Gasteiger partial charge is 0.320 e. The molecular formula is C23H29N3O3S. The molecule has 2 aliphatic rings. The standard InChI is InChI=1S/C23H29N3O3S/c1-25-13-6-10-18-8-3-4-11-20(18)19-9-5-7-17(15-19)16-22-21(24-30(2,28)29)12-14-26(22)23(25)27/h3-5,7-9,11,15,21-22,24H,6,10,12-14,16H2,1-2H3. The third kappa shape index (κ3) is 4.52. The summed E-state index contributed by atoms with van der Waals surface area (Å²) in [4.78, 5) is 16.8. The van der Waals surface area contributed by atoms with Crippen molar-refractivity contribution >= 4 is 16.1 Å². The lowest BCUT2D eigenvalue weighted by atomic mass is 9.93. The molecule has 2 aromatic carbocycles. The van der Waals surface area contributed by atoms with E-state index in [1.54, 1.807) is 4.90 Å². The number of carbonyl (C=O) groups is 1. The van der Waals surface area contributed by atoms with Crippen LogP contribution in [-0.4, -0.2) is 62.7 Å². The van der Waals surface area contributed by atoms with Gasteiger partial charge in [-0.15, -0.1) is 0 Å². The summed E-state index contributed by atoms with van der Waals surface area (Å²) in [6.07, 6.45) is 4.20. The lowest BCUT2D eigenvalue weighted by Crippen LogP contribution is -2.50. The number of sulfonamides is 1. The number of carbonyl (C=O) groups excluding carboxylic acids is 1. The monoisotopic (exact) mass is 427 g/mol. The van der Waals surface area contributed by atoms with Crippen LogP contribution in [-0.2, 0) is 22.9 Å². The van der Waals surface area contributed by atoms with Gasteiger partial charge in [0.1, 0.15) is 0 Å². The van der Waals surface area contributed by atoms with Crippen LogP contribution in [0, 0.1) is 0 Å². The summed E-state index contributed by atoms with van der Waals surface area (Å²) in [5.41, 5.74) is 4.78. The van der Waals surface area contributed by atoms with Gasteiger partial charge in [0.25, 0.3) is 0 Å². The van der Waals surface area contributed by atoms with Crippen molar-refractivity contribution < 1.29 is 13.2 Å². The quantitative estimate of drug-likeness (QED) is 0.801. The van der Waals surface area contributed by atoms with E-state index in [2.05, 4.69) is 47.2 Å². The molecule has 2 unspecified atom stereocenters. The molecule has 30 heavy (non-hydrogen) atoms. The zero-order valence-corrected chi connectivity index (χ0v) is 18.4. The van der Waals surface area contributed by atoms with Crippen LogP contribution < -0.4 is 4.72 Å². The molecule has 0 aromatic heterocycles. The van der Waals surface area contributed by atoms with Crippen molar-refractivity contribution in [2.45, 2.75) is 37.8 Å². The molecule has 1 N–H and O–H groups in total. The first kappa shape index (κ1) is 20.9. The van der Waals surface area contributed by atoms with Crippen molar-refractivity contribution in [3.63, 3.8) is 0 Å². The Morgan fingerprint density at radius 3 is 2.67 bits per heavy atom. The summed E-state index contributed by atoms with van der Waals surface area (Å²) in [5, 5.41) is 0. The lowest BCUT2D eigenvalue weighted by molar-refractivity contribution is 0.154. The van der Waals surface area contributed by atoms with Gasteiger partial charge in [0.05, 0.1) is 12.3 Å². The molecule has 1 saturated heterocycles. The molecule has 2 aliphatic heterocycles. The molecule has 2 atom stereocenters. The van der Waals surface area contributed by atoms with Crippen LogP contribution in [0.15, 0.2) is 48.5 Å². The van der Waals surface area contributed by atoms with Crippen molar-refractivity contribution in [1.29, 1.82) is 0 Å². The van der Waals surface area contributed by atoms with Crippen molar-refractivity contribution in [3.8, 4) is 11.1 Å². The molecule has 0 saturated carbocycles. The second-order valence-corrected chi connectivity index (χ2v) is 10.2. The lowest BCUT2D eigenvalue weighted by Gasteiger charge is -2.32. The van der Waals surface area contributed by atoms with E-state index in [-0.39, 0.29) is 18.1 Å². The molecule has 2 aromatic rings. The number of urea groups is 1. The number of aryl methyl sites for hydroxylation is 1. The summed E-state index contributed by atoms with van der Waals surface area (Å²) in [6.45, 7) is 1.22. The van der Waals surface area contributed by atoms with Crippen LogP contribution in [0.5, 0.6) is 0 Å². The zero-order chi connectivity index (χ0) is 21.3. The van der Waals surface area contributed by atoms with Crippen LogP contribution in [0.3, 0.4) is 0 Å². The Bertz CT molecular complexity index is 1040.